The van der Waals surface area contributed by atoms with Crippen molar-refractivity contribution in [1.82, 2.24) is 0 Å². The average molecular weight is 234 g/mol. The molecule has 17 heavy (non-hydrogen) atoms. The van der Waals surface area contributed by atoms with Crippen LogP contribution in [0.3, 0.4) is 0 Å². The Morgan fingerprint density at radius 1 is 1.35 bits per heavy atom. The van der Waals surface area contributed by atoms with Crippen molar-refractivity contribution < 1.29 is 19.4 Å². The van der Waals surface area contributed by atoms with Crippen LogP contribution >= 0.6 is 0 Å². The summed E-state index contributed by atoms with van der Waals surface area (Å²) in [7, 11) is 0. The Kier molecular flexibility index (Phi) is 2.08. The van der Waals surface area contributed by atoms with E-state index in [0.717, 1.165) is 17.5 Å². The first-order chi connectivity index (χ1) is 8.15. The minimum absolute atomic E-state index is 0.182. The van der Waals surface area contributed by atoms with Crippen molar-refractivity contribution in [1.29, 1.82) is 0 Å². The SMILES string of the molecule is Cc1ccc2c(c1C1(C(=O)O)CCC1)OCO2. The Bertz CT molecular complexity index is 488. The maximum Gasteiger partial charge on any atom is 0.314 e. The van der Waals surface area contributed by atoms with Crippen LogP contribution in [-0.2, 0) is 10.2 Å². The molecule has 0 atom stereocenters. The number of carbonyl (C=O) groups is 1. The number of aliphatic carboxylic acids is 1. The number of aryl methyl sites for hydroxylation is 1. The molecule has 0 unspecified atom stereocenters. The number of benzene rings is 1. The van der Waals surface area contributed by atoms with Gasteiger partial charge in [-0.25, -0.2) is 0 Å². The zero-order chi connectivity index (χ0) is 12.0. The molecule has 1 aliphatic carbocycles. The summed E-state index contributed by atoms with van der Waals surface area (Å²) in [6.45, 7) is 2.11. The van der Waals surface area contributed by atoms with Gasteiger partial charge in [0.05, 0.1) is 5.41 Å². The molecule has 0 radical (unpaired) electrons. The van der Waals surface area contributed by atoms with E-state index in [-0.39, 0.29) is 6.79 Å². The van der Waals surface area contributed by atoms with Crippen LogP contribution < -0.4 is 9.47 Å². The monoisotopic (exact) mass is 234 g/mol. The lowest BCUT2D eigenvalue weighted by Gasteiger charge is -2.39. The zero-order valence-corrected chi connectivity index (χ0v) is 9.66. The lowest BCUT2D eigenvalue weighted by atomic mass is 9.63. The second-order valence-corrected chi connectivity index (χ2v) is 4.73. The highest BCUT2D eigenvalue weighted by molar-refractivity contribution is 5.85. The summed E-state index contributed by atoms with van der Waals surface area (Å²) in [5, 5.41) is 9.50. The number of carboxylic acids is 1. The first-order valence-corrected chi connectivity index (χ1v) is 5.78. The quantitative estimate of drug-likeness (QED) is 0.852. The van der Waals surface area contributed by atoms with Gasteiger partial charge in [0.15, 0.2) is 11.5 Å². The molecule has 0 saturated heterocycles. The minimum Gasteiger partial charge on any atom is -0.481 e. The van der Waals surface area contributed by atoms with Gasteiger partial charge >= 0.3 is 5.97 Å². The van der Waals surface area contributed by atoms with E-state index in [9.17, 15) is 9.90 Å². The fraction of sp³-hybridized carbons (Fsp3) is 0.462. The van der Waals surface area contributed by atoms with Crippen LogP contribution in [0.2, 0.25) is 0 Å². The molecule has 0 bridgehead atoms. The highest BCUT2D eigenvalue weighted by Gasteiger charge is 2.49. The van der Waals surface area contributed by atoms with Gasteiger partial charge in [0.2, 0.25) is 6.79 Å². The summed E-state index contributed by atoms with van der Waals surface area (Å²) >= 11 is 0. The third-order valence-corrected chi connectivity index (χ3v) is 3.84. The number of rotatable bonds is 2. The van der Waals surface area contributed by atoms with Crippen molar-refractivity contribution in [3.63, 3.8) is 0 Å². The van der Waals surface area contributed by atoms with Gasteiger partial charge in [-0.05, 0) is 31.4 Å². The maximum absolute atomic E-state index is 11.6. The number of hydrogen-bond acceptors (Lipinski definition) is 3. The van der Waals surface area contributed by atoms with Crippen molar-refractivity contribution in [2.24, 2.45) is 0 Å². The highest BCUT2D eigenvalue weighted by atomic mass is 16.7. The minimum atomic E-state index is -0.761. The van der Waals surface area contributed by atoms with E-state index in [1.54, 1.807) is 0 Å². The Balaban J connectivity index is 2.20. The summed E-state index contributed by atoms with van der Waals surface area (Å²) in [6, 6.07) is 3.75. The van der Waals surface area contributed by atoms with Crippen molar-refractivity contribution in [2.45, 2.75) is 31.6 Å². The van der Waals surface area contributed by atoms with Crippen LogP contribution in [0, 0.1) is 6.92 Å². The molecule has 0 aromatic heterocycles. The first kappa shape index (κ1) is 10.4. The molecule has 4 heteroatoms. The summed E-state index contributed by atoms with van der Waals surface area (Å²) in [5.74, 6) is 0.543. The molecule has 1 saturated carbocycles. The van der Waals surface area contributed by atoms with E-state index in [1.807, 2.05) is 19.1 Å². The second-order valence-electron chi connectivity index (χ2n) is 4.73. The van der Waals surface area contributed by atoms with Crippen LogP contribution in [0.5, 0.6) is 11.5 Å². The largest absolute Gasteiger partial charge is 0.481 e. The Morgan fingerprint density at radius 3 is 2.71 bits per heavy atom. The molecule has 1 aromatic carbocycles. The highest BCUT2D eigenvalue weighted by Crippen LogP contribution is 2.52. The lowest BCUT2D eigenvalue weighted by molar-refractivity contribution is -0.147. The molecule has 3 rings (SSSR count). The van der Waals surface area contributed by atoms with Crippen molar-refractivity contribution in [3.05, 3.63) is 23.3 Å². The molecular formula is C13H14O4. The molecule has 1 fully saturated rings. The van der Waals surface area contributed by atoms with Crippen LogP contribution in [0.4, 0.5) is 0 Å². The molecule has 1 aromatic rings. The van der Waals surface area contributed by atoms with Gasteiger partial charge < -0.3 is 14.6 Å². The molecule has 0 spiro atoms. The number of hydrogen-bond donors (Lipinski definition) is 1. The number of fused-ring (bicyclic) bond motifs is 1. The van der Waals surface area contributed by atoms with Crippen LogP contribution in [-0.4, -0.2) is 17.9 Å². The van der Waals surface area contributed by atoms with Crippen LogP contribution in [0.15, 0.2) is 12.1 Å². The fourth-order valence-electron chi connectivity index (χ4n) is 2.77. The molecule has 2 aliphatic rings. The van der Waals surface area contributed by atoms with Gasteiger partial charge in [-0.1, -0.05) is 12.5 Å². The smallest absolute Gasteiger partial charge is 0.314 e. The summed E-state index contributed by atoms with van der Waals surface area (Å²) in [4.78, 5) is 11.6. The van der Waals surface area contributed by atoms with Crippen LogP contribution in [0.1, 0.15) is 30.4 Å². The van der Waals surface area contributed by atoms with E-state index >= 15 is 0 Å². The Morgan fingerprint density at radius 2 is 2.12 bits per heavy atom. The number of ether oxygens (including phenoxy) is 2. The van der Waals surface area contributed by atoms with Gasteiger partial charge in [0.1, 0.15) is 0 Å². The van der Waals surface area contributed by atoms with E-state index in [2.05, 4.69) is 0 Å². The van der Waals surface area contributed by atoms with Gasteiger partial charge in [0, 0.05) is 5.56 Å². The molecular weight excluding hydrogens is 220 g/mol. The van der Waals surface area contributed by atoms with Gasteiger partial charge in [-0.2, -0.15) is 0 Å². The summed E-state index contributed by atoms with van der Waals surface area (Å²) < 4.78 is 10.8. The maximum atomic E-state index is 11.6. The standard InChI is InChI=1S/C13H14O4/c1-8-3-4-9-11(17-7-16-9)10(8)13(12(14)15)5-2-6-13/h3-4H,2,5-7H2,1H3,(H,14,15). The molecule has 0 amide bonds. The van der Waals surface area contributed by atoms with Gasteiger partial charge in [-0.15, -0.1) is 0 Å². The fourth-order valence-corrected chi connectivity index (χ4v) is 2.77. The number of carboxylic acid groups (broad SMARTS) is 1. The summed E-state index contributed by atoms with van der Waals surface area (Å²) in [6.07, 6.45) is 2.32. The third-order valence-electron chi connectivity index (χ3n) is 3.84. The van der Waals surface area contributed by atoms with E-state index in [1.165, 1.54) is 0 Å². The Hall–Kier alpha value is -1.71. The first-order valence-electron chi connectivity index (χ1n) is 5.78. The van der Waals surface area contributed by atoms with Crippen molar-refractivity contribution in [3.8, 4) is 11.5 Å². The molecule has 90 valence electrons. The molecule has 1 heterocycles. The second kappa shape index (κ2) is 3.39. The zero-order valence-electron chi connectivity index (χ0n) is 9.66. The average Bonchev–Trinajstić information content (AvgIpc) is 2.67. The Labute approximate surface area is 99.2 Å². The van der Waals surface area contributed by atoms with E-state index < -0.39 is 11.4 Å². The van der Waals surface area contributed by atoms with E-state index in [4.69, 9.17) is 9.47 Å². The lowest BCUT2D eigenvalue weighted by Crippen LogP contribution is -2.43. The predicted octanol–water partition coefficient (Wildman–Crippen LogP) is 2.23. The normalized spacial score (nSPS) is 19.8. The topological polar surface area (TPSA) is 55.8 Å². The molecule has 1 aliphatic heterocycles. The molecule has 4 nitrogen and oxygen atoms in total. The third kappa shape index (κ3) is 1.27. The predicted molar refractivity (Wildman–Crippen MR) is 60.5 cm³/mol. The van der Waals surface area contributed by atoms with Gasteiger partial charge in [-0.3, -0.25) is 4.79 Å². The van der Waals surface area contributed by atoms with Gasteiger partial charge in [0.25, 0.3) is 0 Å². The van der Waals surface area contributed by atoms with Crippen LogP contribution in [0.25, 0.3) is 0 Å². The van der Waals surface area contributed by atoms with Crippen molar-refractivity contribution in [2.75, 3.05) is 6.79 Å². The van der Waals surface area contributed by atoms with Crippen molar-refractivity contribution >= 4 is 5.97 Å². The molecule has 1 N–H and O–H groups in total. The van der Waals surface area contributed by atoms with E-state index in [0.29, 0.717) is 24.3 Å². The summed E-state index contributed by atoms with van der Waals surface area (Å²) in [5.41, 5.74) is 1.02.